The molecular formula is C26H29N3O3S. The summed E-state index contributed by atoms with van der Waals surface area (Å²) in [7, 11) is 1.63. The SMILES string of the molecule is CCCCN1C(=O)CC[C@H](C(=O)Nc2ccc(-c3nccs3)cc2)[C@H]1c1ccc(OC)cc1. The van der Waals surface area contributed by atoms with Gasteiger partial charge >= 0.3 is 0 Å². The summed E-state index contributed by atoms with van der Waals surface area (Å²) in [4.78, 5) is 32.5. The molecule has 1 aliphatic heterocycles. The number of nitrogens with one attached hydrogen (secondary N) is 1. The quantitative estimate of drug-likeness (QED) is 0.476. The molecule has 2 heterocycles. The molecule has 33 heavy (non-hydrogen) atoms. The molecule has 3 aromatic rings. The number of rotatable bonds is 8. The van der Waals surface area contributed by atoms with Crippen molar-refractivity contribution in [3.63, 3.8) is 0 Å². The Kier molecular flexibility index (Phi) is 7.40. The first-order valence-corrected chi connectivity index (χ1v) is 12.2. The molecular weight excluding hydrogens is 434 g/mol. The van der Waals surface area contributed by atoms with Gasteiger partial charge in [0.25, 0.3) is 0 Å². The number of hydrogen-bond donors (Lipinski definition) is 1. The number of benzene rings is 2. The molecule has 2 amide bonds. The minimum atomic E-state index is -0.327. The van der Waals surface area contributed by atoms with E-state index in [0.717, 1.165) is 40.4 Å². The summed E-state index contributed by atoms with van der Waals surface area (Å²) in [5.41, 5.74) is 2.72. The third-order valence-electron chi connectivity index (χ3n) is 6.08. The maximum atomic E-state index is 13.4. The zero-order valence-corrected chi connectivity index (χ0v) is 19.8. The maximum Gasteiger partial charge on any atom is 0.229 e. The van der Waals surface area contributed by atoms with Crippen molar-refractivity contribution < 1.29 is 14.3 Å². The number of carbonyl (C=O) groups excluding carboxylic acids is 2. The first kappa shape index (κ1) is 23.0. The van der Waals surface area contributed by atoms with Crippen LogP contribution in [0.4, 0.5) is 5.69 Å². The van der Waals surface area contributed by atoms with Crippen molar-refractivity contribution in [1.29, 1.82) is 0 Å². The summed E-state index contributed by atoms with van der Waals surface area (Å²) in [6.45, 7) is 2.76. The number of thiazole rings is 1. The van der Waals surface area contributed by atoms with Crippen molar-refractivity contribution in [3.8, 4) is 16.3 Å². The fourth-order valence-electron chi connectivity index (χ4n) is 4.33. The van der Waals surface area contributed by atoms with E-state index in [4.69, 9.17) is 4.74 Å². The normalized spacial score (nSPS) is 18.2. The first-order valence-electron chi connectivity index (χ1n) is 11.3. The molecule has 0 bridgehead atoms. The Morgan fingerprint density at radius 2 is 1.94 bits per heavy atom. The van der Waals surface area contributed by atoms with Gasteiger partial charge in [-0.25, -0.2) is 4.98 Å². The Bertz CT molecular complexity index is 1070. The van der Waals surface area contributed by atoms with Crippen molar-refractivity contribution in [3.05, 3.63) is 65.7 Å². The van der Waals surface area contributed by atoms with Gasteiger partial charge < -0.3 is 15.0 Å². The molecule has 1 saturated heterocycles. The van der Waals surface area contributed by atoms with Crippen LogP contribution < -0.4 is 10.1 Å². The van der Waals surface area contributed by atoms with E-state index in [1.807, 2.05) is 58.8 Å². The molecule has 0 spiro atoms. The van der Waals surface area contributed by atoms with Gasteiger partial charge in [0.05, 0.1) is 19.1 Å². The van der Waals surface area contributed by atoms with Crippen LogP contribution in [0.5, 0.6) is 5.75 Å². The molecule has 2 atom stereocenters. The standard InChI is InChI=1S/C26H29N3O3S/c1-3-4-16-29-23(30)14-13-22(24(29)18-7-11-21(32-2)12-8-18)25(31)28-20-9-5-19(6-10-20)26-27-15-17-33-26/h5-12,15,17,22,24H,3-4,13-14,16H2,1-2H3,(H,28,31)/t22-,24+/m0/s1. The minimum absolute atomic E-state index is 0.0631. The number of methoxy groups -OCH3 is 1. The minimum Gasteiger partial charge on any atom is -0.497 e. The third kappa shape index (κ3) is 5.25. The van der Waals surface area contributed by atoms with E-state index < -0.39 is 0 Å². The Hall–Kier alpha value is -3.19. The van der Waals surface area contributed by atoms with Gasteiger partial charge in [0, 0.05) is 35.8 Å². The number of carbonyl (C=O) groups is 2. The second-order valence-electron chi connectivity index (χ2n) is 8.21. The Morgan fingerprint density at radius 1 is 1.18 bits per heavy atom. The summed E-state index contributed by atoms with van der Waals surface area (Å²) in [6.07, 6.45) is 4.59. The van der Waals surface area contributed by atoms with E-state index in [1.54, 1.807) is 24.6 Å². The lowest BCUT2D eigenvalue weighted by Crippen LogP contribution is -2.47. The van der Waals surface area contributed by atoms with E-state index in [2.05, 4.69) is 17.2 Å². The van der Waals surface area contributed by atoms with Crippen LogP contribution in [0.2, 0.25) is 0 Å². The van der Waals surface area contributed by atoms with Crippen molar-refractivity contribution in [2.45, 2.75) is 38.6 Å². The molecule has 0 saturated carbocycles. The molecule has 0 radical (unpaired) electrons. The van der Waals surface area contributed by atoms with Crippen molar-refractivity contribution in [1.82, 2.24) is 9.88 Å². The summed E-state index contributed by atoms with van der Waals surface area (Å²) in [5, 5.41) is 5.97. The average Bonchev–Trinajstić information content (AvgIpc) is 3.38. The zero-order valence-electron chi connectivity index (χ0n) is 19.0. The van der Waals surface area contributed by atoms with Gasteiger partial charge in [-0.15, -0.1) is 11.3 Å². The molecule has 0 unspecified atom stereocenters. The molecule has 172 valence electrons. The van der Waals surface area contributed by atoms with E-state index in [9.17, 15) is 9.59 Å². The lowest BCUT2D eigenvalue weighted by Gasteiger charge is -2.41. The van der Waals surface area contributed by atoms with Crippen LogP contribution >= 0.6 is 11.3 Å². The summed E-state index contributed by atoms with van der Waals surface area (Å²) < 4.78 is 5.30. The molecule has 7 heteroatoms. The van der Waals surface area contributed by atoms with Gasteiger partial charge in [0.1, 0.15) is 10.8 Å². The highest BCUT2D eigenvalue weighted by molar-refractivity contribution is 7.13. The predicted octanol–water partition coefficient (Wildman–Crippen LogP) is 5.54. The highest BCUT2D eigenvalue weighted by Crippen LogP contribution is 2.38. The smallest absolute Gasteiger partial charge is 0.229 e. The van der Waals surface area contributed by atoms with Gasteiger partial charge in [0.2, 0.25) is 11.8 Å². The van der Waals surface area contributed by atoms with Gasteiger partial charge in [0.15, 0.2) is 0 Å². The van der Waals surface area contributed by atoms with Crippen LogP contribution in [0.3, 0.4) is 0 Å². The largest absolute Gasteiger partial charge is 0.497 e. The number of nitrogens with zero attached hydrogens (tertiary/aromatic N) is 2. The van der Waals surface area contributed by atoms with E-state index >= 15 is 0 Å². The molecule has 1 N–H and O–H groups in total. The van der Waals surface area contributed by atoms with E-state index in [1.165, 1.54) is 0 Å². The molecule has 0 aliphatic carbocycles. The van der Waals surface area contributed by atoms with Crippen molar-refractivity contribution in [2.24, 2.45) is 5.92 Å². The van der Waals surface area contributed by atoms with Gasteiger partial charge in [-0.05, 0) is 54.8 Å². The van der Waals surface area contributed by atoms with Gasteiger partial charge in [-0.2, -0.15) is 0 Å². The highest BCUT2D eigenvalue weighted by atomic mass is 32.1. The van der Waals surface area contributed by atoms with E-state index in [-0.39, 0.29) is 23.8 Å². The number of hydrogen-bond acceptors (Lipinski definition) is 5. The number of likely N-dealkylation sites (tertiary alicyclic amines) is 1. The number of piperidine rings is 1. The molecule has 1 fully saturated rings. The predicted molar refractivity (Wildman–Crippen MR) is 131 cm³/mol. The number of amides is 2. The van der Waals surface area contributed by atoms with E-state index in [0.29, 0.717) is 19.4 Å². The van der Waals surface area contributed by atoms with Crippen molar-refractivity contribution >= 4 is 28.8 Å². The lowest BCUT2D eigenvalue weighted by molar-refractivity contribution is -0.142. The number of ether oxygens (including phenoxy) is 1. The highest BCUT2D eigenvalue weighted by Gasteiger charge is 2.40. The van der Waals surface area contributed by atoms with Crippen LogP contribution in [-0.2, 0) is 9.59 Å². The van der Waals surface area contributed by atoms with Crippen LogP contribution in [0.25, 0.3) is 10.6 Å². The number of anilines is 1. The zero-order chi connectivity index (χ0) is 23.2. The van der Waals surface area contributed by atoms with Crippen LogP contribution in [0.1, 0.15) is 44.2 Å². The lowest BCUT2D eigenvalue weighted by atomic mass is 9.83. The summed E-state index contributed by atoms with van der Waals surface area (Å²) >= 11 is 1.58. The second kappa shape index (κ2) is 10.6. The average molecular weight is 464 g/mol. The van der Waals surface area contributed by atoms with Crippen LogP contribution in [-0.4, -0.2) is 35.4 Å². The maximum absolute atomic E-state index is 13.4. The number of aromatic nitrogens is 1. The van der Waals surface area contributed by atoms with Crippen LogP contribution in [0.15, 0.2) is 60.1 Å². The third-order valence-corrected chi connectivity index (χ3v) is 6.91. The Morgan fingerprint density at radius 3 is 2.58 bits per heavy atom. The van der Waals surface area contributed by atoms with Gasteiger partial charge in [-0.3, -0.25) is 9.59 Å². The summed E-state index contributed by atoms with van der Waals surface area (Å²) in [6, 6.07) is 15.1. The molecule has 1 aliphatic rings. The molecule has 6 nitrogen and oxygen atoms in total. The number of unbranched alkanes of at least 4 members (excludes halogenated alkanes) is 1. The Balaban J connectivity index is 1.57. The van der Waals surface area contributed by atoms with Crippen molar-refractivity contribution in [2.75, 3.05) is 19.0 Å². The molecule has 4 rings (SSSR count). The fourth-order valence-corrected chi connectivity index (χ4v) is 4.97. The second-order valence-corrected chi connectivity index (χ2v) is 9.10. The van der Waals surface area contributed by atoms with Gasteiger partial charge in [-0.1, -0.05) is 25.5 Å². The molecule has 1 aromatic heterocycles. The topological polar surface area (TPSA) is 71.5 Å². The monoisotopic (exact) mass is 463 g/mol. The first-order chi connectivity index (χ1) is 16.1. The summed E-state index contributed by atoms with van der Waals surface area (Å²) in [5.74, 6) is 0.474. The molecule has 2 aromatic carbocycles. The fraction of sp³-hybridized carbons (Fsp3) is 0.346. The Labute approximate surface area is 198 Å². The van der Waals surface area contributed by atoms with Crippen LogP contribution in [0, 0.1) is 5.92 Å².